The predicted octanol–water partition coefficient (Wildman–Crippen LogP) is 4.61. The maximum atomic E-state index is 12.9. The summed E-state index contributed by atoms with van der Waals surface area (Å²) in [6.45, 7) is 7.62. The fraction of sp³-hybridized carbons (Fsp3) is 0.727. The topological polar surface area (TPSA) is 40.6 Å². The van der Waals surface area contributed by atoms with E-state index in [-0.39, 0.29) is 12.8 Å². The van der Waals surface area contributed by atoms with Crippen LogP contribution in [0.4, 0.5) is 18.9 Å². The Labute approximate surface area is 178 Å². The first-order valence-corrected chi connectivity index (χ1v) is 12.7. The maximum Gasteiger partial charge on any atom is 0.391 e. The smallest absolute Gasteiger partial charge is 0.369 e. The fourth-order valence-electron chi connectivity index (χ4n) is 4.86. The Morgan fingerprint density at radius 1 is 1.10 bits per heavy atom. The third-order valence-corrected chi connectivity index (χ3v) is 7.83. The van der Waals surface area contributed by atoms with Crippen LogP contribution in [0.1, 0.15) is 39.5 Å². The van der Waals surface area contributed by atoms with E-state index in [0.29, 0.717) is 35.6 Å². The van der Waals surface area contributed by atoms with Crippen molar-refractivity contribution in [3.8, 4) is 0 Å². The van der Waals surface area contributed by atoms with Gasteiger partial charge in [0.15, 0.2) is 9.84 Å². The quantitative estimate of drug-likeness (QED) is 0.663. The van der Waals surface area contributed by atoms with E-state index in [4.69, 9.17) is 0 Å². The van der Waals surface area contributed by atoms with Crippen LogP contribution in [0.2, 0.25) is 0 Å². The van der Waals surface area contributed by atoms with Crippen LogP contribution in [0.25, 0.3) is 0 Å². The van der Waals surface area contributed by atoms with Crippen molar-refractivity contribution in [1.29, 1.82) is 0 Å². The molecule has 0 spiro atoms. The van der Waals surface area contributed by atoms with Crippen LogP contribution in [0.3, 0.4) is 0 Å². The van der Waals surface area contributed by atoms with E-state index in [1.165, 1.54) is 6.26 Å². The highest BCUT2D eigenvalue weighted by atomic mass is 32.2. The Bertz CT molecular complexity index is 818. The van der Waals surface area contributed by atoms with Gasteiger partial charge in [-0.25, -0.2) is 8.42 Å². The fourth-order valence-corrected chi connectivity index (χ4v) is 5.52. The van der Waals surface area contributed by atoms with Crippen LogP contribution in [0.5, 0.6) is 0 Å². The first-order valence-electron chi connectivity index (χ1n) is 10.8. The van der Waals surface area contributed by atoms with Crippen molar-refractivity contribution in [1.82, 2.24) is 4.90 Å². The van der Waals surface area contributed by atoms with E-state index in [2.05, 4.69) is 23.6 Å². The lowest BCUT2D eigenvalue weighted by atomic mass is 9.81. The summed E-state index contributed by atoms with van der Waals surface area (Å²) in [5.41, 5.74) is 0.911. The van der Waals surface area contributed by atoms with E-state index >= 15 is 0 Å². The van der Waals surface area contributed by atoms with E-state index in [0.717, 1.165) is 31.9 Å². The molecule has 1 aliphatic carbocycles. The summed E-state index contributed by atoms with van der Waals surface area (Å²) < 4.78 is 62.6. The van der Waals surface area contributed by atoms with E-state index < -0.39 is 21.9 Å². The second-order valence-electron chi connectivity index (χ2n) is 9.28. The standard InChI is InChI=1S/C22H33F3N2O2S/c1-16(2)21-15-26(19-5-4-6-20(13-19)30(3,28)29)11-12-27(21)14-17-7-9-18(10-8-17)22(23,24)25/h4-6,13,16-18,21H,7-12,14-15H2,1-3H3/t17?,18?,21-/m1/s1. The molecule has 1 saturated heterocycles. The molecule has 8 heteroatoms. The average molecular weight is 447 g/mol. The van der Waals surface area contributed by atoms with Crippen LogP contribution >= 0.6 is 0 Å². The number of halogens is 3. The summed E-state index contributed by atoms with van der Waals surface area (Å²) in [5.74, 6) is -0.406. The highest BCUT2D eigenvalue weighted by Crippen LogP contribution is 2.40. The minimum absolute atomic E-state index is 0.249. The van der Waals surface area contributed by atoms with Crippen molar-refractivity contribution >= 4 is 15.5 Å². The third-order valence-electron chi connectivity index (χ3n) is 6.72. The molecular formula is C22H33F3N2O2S. The van der Waals surface area contributed by atoms with Crippen LogP contribution in [0.15, 0.2) is 29.2 Å². The number of hydrogen-bond donors (Lipinski definition) is 0. The lowest BCUT2D eigenvalue weighted by Crippen LogP contribution is -2.56. The highest BCUT2D eigenvalue weighted by Gasteiger charge is 2.42. The van der Waals surface area contributed by atoms with Gasteiger partial charge in [-0.2, -0.15) is 13.2 Å². The molecule has 1 atom stereocenters. The summed E-state index contributed by atoms with van der Waals surface area (Å²) in [4.78, 5) is 5.00. The molecule has 2 aliphatic rings. The Kier molecular flexibility index (Phi) is 7.07. The third kappa shape index (κ3) is 5.69. The van der Waals surface area contributed by atoms with Crippen molar-refractivity contribution in [2.24, 2.45) is 17.8 Å². The largest absolute Gasteiger partial charge is 0.391 e. The molecule has 1 heterocycles. The van der Waals surface area contributed by atoms with Crippen LogP contribution in [-0.2, 0) is 9.84 Å². The van der Waals surface area contributed by atoms with Gasteiger partial charge in [-0.3, -0.25) is 4.90 Å². The minimum Gasteiger partial charge on any atom is -0.369 e. The summed E-state index contributed by atoms with van der Waals surface area (Å²) in [6, 6.07) is 7.37. The zero-order valence-electron chi connectivity index (χ0n) is 18.0. The number of piperazine rings is 1. The minimum atomic E-state index is -4.06. The number of sulfone groups is 1. The van der Waals surface area contributed by atoms with Crippen LogP contribution < -0.4 is 4.90 Å². The molecule has 1 aromatic rings. The van der Waals surface area contributed by atoms with Crippen molar-refractivity contribution in [2.75, 3.05) is 37.3 Å². The molecular weight excluding hydrogens is 413 g/mol. The molecule has 0 bridgehead atoms. The normalized spacial score (nSPS) is 26.9. The van der Waals surface area contributed by atoms with Gasteiger partial charge in [0.25, 0.3) is 0 Å². The summed E-state index contributed by atoms with van der Waals surface area (Å²) in [7, 11) is -3.26. The monoisotopic (exact) mass is 446 g/mol. The molecule has 1 saturated carbocycles. The summed E-state index contributed by atoms with van der Waals surface area (Å²) >= 11 is 0. The molecule has 1 aliphatic heterocycles. The van der Waals surface area contributed by atoms with Gasteiger partial charge < -0.3 is 4.90 Å². The van der Waals surface area contributed by atoms with Crippen molar-refractivity contribution < 1.29 is 21.6 Å². The number of hydrogen-bond acceptors (Lipinski definition) is 4. The second-order valence-corrected chi connectivity index (χ2v) is 11.3. The zero-order chi connectivity index (χ0) is 22.1. The van der Waals surface area contributed by atoms with E-state index in [1.54, 1.807) is 18.2 Å². The van der Waals surface area contributed by atoms with Gasteiger partial charge in [0.05, 0.1) is 10.8 Å². The van der Waals surface area contributed by atoms with Gasteiger partial charge in [-0.1, -0.05) is 19.9 Å². The molecule has 30 heavy (non-hydrogen) atoms. The van der Waals surface area contributed by atoms with Crippen LogP contribution in [-0.4, -0.2) is 58.0 Å². The van der Waals surface area contributed by atoms with Gasteiger partial charge in [-0.15, -0.1) is 0 Å². The molecule has 3 rings (SSSR count). The molecule has 170 valence electrons. The summed E-state index contributed by atoms with van der Waals surface area (Å²) in [6.07, 6.45) is -1.05. The van der Waals surface area contributed by atoms with E-state index in [1.807, 2.05) is 6.07 Å². The van der Waals surface area contributed by atoms with Gasteiger partial charge in [0, 0.05) is 44.2 Å². The number of rotatable bonds is 5. The number of benzene rings is 1. The van der Waals surface area contributed by atoms with Gasteiger partial charge in [0.1, 0.15) is 0 Å². The lowest BCUT2D eigenvalue weighted by molar-refractivity contribution is -0.184. The van der Waals surface area contributed by atoms with Crippen molar-refractivity contribution in [3.63, 3.8) is 0 Å². The van der Waals surface area contributed by atoms with Crippen molar-refractivity contribution in [3.05, 3.63) is 24.3 Å². The molecule has 0 amide bonds. The Morgan fingerprint density at radius 2 is 1.77 bits per heavy atom. The predicted molar refractivity (Wildman–Crippen MR) is 113 cm³/mol. The maximum absolute atomic E-state index is 12.9. The van der Waals surface area contributed by atoms with Crippen LogP contribution in [0, 0.1) is 17.8 Å². The van der Waals surface area contributed by atoms with Gasteiger partial charge in [0.2, 0.25) is 0 Å². The SMILES string of the molecule is CC(C)[C@H]1CN(c2cccc(S(C)(=O)=O)c2)CCN1CC1CCC(C(F)(F)F)CC1. The zero-order valence-corrected chi connectivity index (χ0v) is 18.8. The Balaban J connectivity index is 1.64. The average Bonchev–Trinajstić information content (AvgIpc) is 2.67. The molecule has 1 aromatic carbocycles. The molecule has 0 N–H and O–H groups in total. The first kappa shape index (κ1) is 23.4. The van der Waals surface area contributed by atoms with Gasteiger partial charge in [-0.05, 0) is 55.7 Å². The number of anilines is 1. The number of alkyl halides is 3. The molecule has 0 aromatic heterocycles. The lowest BCUT2D eigenvalue weighted by Gasteiger charge is -2.46. The van der Waals surface area contributed by atoms with Gasteiger partial charge >= 0.3 is 6.18 Å². The van der Waals surface area contributed by atoms with E-state index in [9.17, 15) is 21.6 Å². The number of nitrogens with zero attached hydrogens (tertiary/aromatic N) is 2. The second kappa shape index (κ2) is 9.07. The van der Waals surface area contributed by atoms with Crippen molar-refractivity contribution in [2.45, 2.75) is 56.6 Å². The molecule has 0 radical (unpaired) electrons. The highest BCUT2D eigenvalue weighted by molar-refractivity contribution is 7.90. The Hall–Kier alpha value is -1.28. The molecule has 2 fully saturated rings. The summed E-state index contributed by atoms with van der Waals surface area (Å²) in [5, 5.41) is 0. The first-order chi connectivity index (χ1) is 13.9. The Morgan fingerprint density at radius 3 is 2.33 bits per heavy atom. The molecule has 4 nitrogen and oxygen atoms in total. The molecule has 0 unspecified atom stereocenters.